The number of quaternary nitrogens is 1. The highest BCUT2D eigenvalue weighted by molar-refractivity contribution is 5.94. The second kappa shape index (κ2) is 6.43. The largest absolute Gasteiger partial charge is 0.493 e. The Labute approximate surface area is 113 Å². The third-order valence-corrected chi connectivity index (χ3v) is 3.41. The molecule has 0 aliphatic carbocycles. The molecule has 19 heavy (non-hydrogen) atoms. The number of amides is 1. The summed E-state index contributed by atoms with van der Waals surface area (Å²) in [5.74, 6) is 1.34. The quantitative estimate of drug-likeness (QED) is 0.844. The van der Waals surface area contributed by atoms with Crippen LogP contribution in [0.25, 0.3) is 0 Å². The number of benzene rings is 1. The number of rotatable bonds is 4. The Morgan fingerprint density at radius 3 is 2.68 bits per heavy atom. The zero-order valence-corrected chi connectivity index (χ0v) is 11.4. The van der Waals surface area contributed by atoms with Gasteiger partial charge in [-0.05, 0) is 25.0 Å². The summed E-state index contributed by atoms with van der Waals surface area (Å²) in [6.07, 6.45) is 3.26. The van der Waals surface area contributed by atoms with E-state index in [-0.39, 0.29) is 11.9 Å². The number of carbonyl (C=O) groups excluding carboxylic acids is 1. The molecule has 1 fully saturated rings. The van der Waals surface area contributed by atoms with Gasteiger partial charge >= 0.3 is 0 Å². The second-order valence-corrected chi connectivity index (χ2v) is 4.69. The molecule has 0 radical (unpaired) electrons. The Bertz CT molecular complexity index is 442. The average Bonchev–Trinajstić information content (AvgIpc) is 2.48. The first-order chi connectivity index (χ1) is 9.24. The molecule has 1 aromatic rings. The number of nitrogens with two attached hydrogens (primary N) is 1. The molecule has 2 rings (SSSR count). The maximum Gasteiger partial charge on any atom is 0.282 e. The monoisotopic (exact) mass is 265 g/mol. The number of ether oxygens (including phenoxy) is 2. The molecule has 1 saturated heterocycles. The van der Waals surface area contributed by atoms with Crippen molar-refractivity contribution in [3.63, 3.8) is 0 Å². The maximum absolute atomic E-state index is 12.1. The van der Waals surface area contributed by atoms with Crippen molar-refractivity contribution in [3.8, 4) is 11.5 Å². The second-order valence-electron chi connectivity index (χ2n) is 4.69. The van der Waals surface area contributed by atoms with Gasteiger partial charge in [-0.25, -0.2) is 0 Å². The fraction of sp³-hybridized carbons (Fsp3) is 0.500. The van der Waals surface area contributed by atoms with Gasteiger partial charge < -0.3 is 20.1 Å². The van der Waals surface area contributed by atoms with E-state index in [1.165, 1.54) is 6.42 Å². The molecule has 1 atom stereocenters. The van der Waals surface area contributed by atoms with Gasteiger partial charge in [0.1, 0.15) is 0 Å². The molecule has 0 unspecified atom stereocenters. The Hall–Kier alpha value is -1.75. The molecule has 3 N–H and O–H groups in total. The Morgan fingerprint density at radius 1 is 1.26 bits per heavy atom. The predicted octanol–water partition coefficient (Wildman–Crippen LogP) is 0.758. The predicted molar refractivity (Wildman–Crippen MR) is 72.6 cm³/mol. The van der Waals surface area contributed by atoms with E-state index in [1.807, 2.05) is 6.07 Å². The van der Waals surface area contributed by atoms with Gasteiger partial charge in [-0.3, -0.25) is 4.79 Å². The summed E-state index contributed by atoms with van der Waals surface area (Å²) in [4.78, 5) is 12.1. The topological polar surface area (TPSA) is 64.2 Å². The van der Waals surface area contributed by atoms with Gasteiger partial charge in [-0.1, -0.05) is 0 Å². The van der Waals surface area contributed by atoms with Crippen molar-refractivity contribution >= 4 is 11.6 Å². The molecule has 0 aromatic heterocycles. The highest BCUT2D eigenvalue weighted by atomic mass is 16.5. The van der Waals surface area contributed by atoms with E-state index in [4.69, 9.17) is 9.47 Å². The van der Waals surface area contributed by atoms with E-state index in [0.29, 0.717) is 11.5 Å². The minimum absolute atomic E-state index is 0.0295. The normalized spacial score (nSPS) is 18.7. The SMILES string of the molecule is COc1ccc(NC(=O)[C@@H]2CCCC[NH2+]2)cc1OC. The average molecular weight is 265 g/mol. The zero-order chi connectivity index (χ0) is 13.7. The summed E-state index contributed by atoms with van der Waals surface area (Å²) in [5.41, 5.74) is 0.738. The molecule has 1 aromatic carbocycles. The molecule has 1 aliphatic heterocycles. The third-order valence-electron chi connectivity index (χ3n) is 3.41. The van der Waals surface area contributed by atoms with Crippen LogP contribution in [0.3, 0.4) is 0 Å². The van der Waals surface area contributed by atoms with Gasteiger partial charge in [0.15, 0.2) is 17.5 Å². The van der Waals surface area contributed by atoms with Crippen molar-refractivity contribution in [1.82, 2.24) is 0 Å². The molecular weight excluding hydrogens is 244 g/mol. The first kappa shape index (κ1) is 13.7. The first-order valence-corrected chi connectivity index (χ1v) is 6.61. The lowest BCUT2D eigenvalue weighted by atomic mass is 10.0. The lowest BCUT2D eigenvalue weighted by Gasteiger charge is -2.19. The third kappa shape index (κ3) is 3.38. The van der Waals surface area contributed by atoms with Gasteiger partial charge in [0.2, 0.25) is 0 Å². The van der Waals surface area contributed by atoms with Crippen molar-refractivity contribution < 1.29 is 19.6 Å². The van der Waals surface area contributed by atoms with Crippen LogP contribution in [0.5, 0.6) is 11.5 Å². The summed E-state index contributed by atoms with van der Waals surface area (Å²) in [6, 6.07) is 5.42. The summed E-state index contributed by atoms with van der Waals surface area (Å²) < 4.78 is 10.4. The van der Waals surface area contributed by atoms with Gasteiger partial charge in [-0.15, -0.1) is 0 Å². The highest BCUT2D eigenvalue weighted by Gasteiger charge is 2.24. The minimum Gasteiger partial charge on any atom is -0.493 e. The van der Waals surface area contributed by atoms with E-state index < -0.39 is 0 Å². The van der Waals surface area contributed by atoms with Gasteiger partial charge in [0, 0.05) is 18.2 Å². The van der Waals surface area contributed by atoms with Crippen LogP contribution in [-0.2, 0) is 4.79 Å². The molecule has 104 valence electrons. The minimum atomic E-state index is 0.0295. The fourth-order valence-electron chi connectivity index (χ4n) is 2.33. The summed E-state index contributed by atoms with van der Waals surface area (Å²) in [7, 11) is 3.17. The van der Waals surface area contributed by atoms with Crippen LogP contribution in [0.4, 0.5) is 5.69 Å². The van der Waals surface area contributed by atoms with Crippen molar-refractivity contribution in [2.45, 2.75) is 25.3 Å². The lowest BCUT2D eigenvalue weighted by molar-refractivity contribution is -0.684. The van der Waals surface area contributed by atoms with Crippen LogP contribution in [0.2, 0.25) is 0 Å². The van der Waals surface area contributed by atoms with E-state index in [0.717, 1.165) is 25.1 Å². The number of piperidine rings is 1. The molecule has 0 saturated carbocycles. The van der Waals surface area contributed by atoms with Gasteiger partial charge in [0.05, 0.1) is 20.8 Å². The van der Waals surface area contributed by atoms with E-state index in [2.05, 4.69) is 10.6 Å². The highest BCUT2D eigenvalue weighted by Crippen LogP contribution is 2.29. The summed E-state index contributed by atoms with van der Waals surface area (Å²) >= 11 is 0. The molecule has 1 aliphatic rings. The zero-order valence-electron chi connectivity index (χ0n) is 11.4. The van der Waals surface area contributed by atoms with Crippen molar-refractivity contribution in [1.29, 1.82) is 0 Å². The Balaban J connectivity index is 2.03. The molecule has 5 nitrogen and oxygen atoms in total. The number of hydrogen-bond donors (Lipinski definition) is 2. The van der Waals surface area contributed by atoms with Crippen molar-refractivity contribution in [2.24, 2.45) is 0 Å². The Morgan fingerprint density at radius 2 is 2.05 bits per heavy atom. The fourth-order valence-corrected chi connectivity index (χ4v) is 2.33. The Kier molecular flexibility index (Phi) is 4.63. The van der Waals surface area contributed by atoms with Crippen LogP contribution in [0, 0.1) is 0 Å². The van der Waals surface area contributed by atoms with Gasteiger partial charge in [0.25, 0.3) is 5.91 Å². The van der Waals surface area contributed by atoms with Crippen LogP contribution < -0.4 is 20.1 Å². The molecule has 0 spiro atoms. The lowest BCUT2D eigenvalue weighted by Crippen LogP contribution is -2.93. The number of hydrogen-bond acceptors (Lipinski definition) is 3. The van der Waals surface area contributed by atoms with E-state index >= 15 is 0 Å². The number of carbonyl (C=O) groups is 1. The van der Waals surface area contributed by atoms with E-state index in [1.54, 1.807) is 26.4 Å². The van der Waals surface area contributed by atoms with Crippen LogP contribution >= 0.6 is 0 Å². The van der Waals surface area contributed by atoms with Crippen LogP contribution in [-0.4, -0.2) is 32.7 Å². The summed E-state index contributed by atoms with van der Waals surface area (Å²) in [6.45, 7) is 1.03. The molecule has 0 bridgehead atoms. The van der Waals surface area contributed by atoms with E-state index in [9.17, 15) is 4.79 Å². The molecule has 1 heterocycles. The van der Waals surface area contributed by atoms with Crippen LogP contribution in [0.1, 0.15) is 19.3 Å². The summed E-state index contributed by atoms with van der Waals surface area (Å²) in [5, 5.41) is 5.04. The molecular formula is C14H21N2O3+. The maximum atomic E-state index is 12.1. The first-order valence-electron chi connectivity index (χ1n) is 6.61. The standard InChI is InChI=1S/C14H20N2O3/c1-18-12-7-6-10(9-13(12)19-2)16-14(17)11-5-3-4-8-15-11/h6-7,9,11,15H,3-5,8H2,1-2H3,(H,16,17)/p+1/t11-/m0/s1. The van der Waals surface area contributed by atoms with Crippen molar-refractivity contribution in [3.05, 3.63) is 18.2 Å². The van der Waals surface area contributed by atoms with Crippen LogP contribution in [0.15, 0.2) is 18.2 Å². The van der Waals surface area contributed by atoms with Crippen molar-refractivity contribution in [2.75, 3.05) is 26.1 Å². The molecule has 1 amide bonds. The van der Waals surface area contributed by atoms with Gasteiger partial charge in [-0.2, -0.15) is 0 Å². The molecule has 5 heteroatoms. The smallest absolute Gasteiger partial charge is 0.282 e. The number of nitrogens with one attached hydrogen (secondary N) is 1. The number of methoxy groups -OCH3 is 2. The number of anilines is 1.